The number of hydrogen-bond acceptors (Lipinski definition) is 11. The molecule has 1 aliphatic rings. The van der Waals surface area contributed by atoms with Gasteiger partial charge in [0.15, 0.2) is 47.7 Å². The van der Waals surface area contributed by atoms with E-state index in [1.165, 1.54) is 0 Å². The lowest BCUT2D eigenvalue weighted by Crippen LogP contribution is -2.57. The minimum atomic E-state index is -2.77. The van der Waals surface area contributed by atoms with Gasteiger partial charge < -0.3 is 41.1 Å². The average Bonchev–Trinajstić information content (AvgIpc) is 1.61. The smallest absolute Gasteiger partial charge is 0.336 e. The molecule has 16 heteroatoms. The largest absolute Gasteiger partial charge is 0.497 e. The van der Waals surface area contributed by atoms with E-state index in [-0.39, 0.29) is 57.4 Å². The van der Waals surface area contributed by atoms with E-state index >= 15 is 9.59 Å². The van der Waals surface area contributed by atoms with Crippen LogP contribution in [0.4, 0.5) is 0 Å². The molecule has 1 aliphatic heterocycles. The van der Waals surface area contributed by atoms with Crippen LogP contribution >= 0.6 is 0 Å². The molecule has 11 nitrogen and oxygen atoms in total. The van der Waals surface area contributed by atoms with E-state index in [4.69, 9.17) is 41.1 Å². The number of Topliss-reactive ketones (excluding diaryl/α,β-unsaturated/α-hetero) is 1. The summed E-state index contributed by atoms with van der Waals surface area (Å²) in [6.07, 6.45) is 4.14. The number of esters is 1. The fraction of sp³-hybridized carbons (Fsp3) is 0.800. The van der Waals surface area contributed by atoms with Crippen LogP contribution in [0, 0.1) is 35.5 Å². The Labute approximate surface area is 534 Å². The van der Waals surface area contributed by atoms with Gasteiger partial charge in [0, 0.05) is 43.1 Å². The van der Waals surface area contributed by atoms with Crippen molar-refractivity contribution in [1.29, 1.82) is 0 Å². The number of ketones is 1. The van der Waals surface area contributed by atoms with Gasteiger partial charge in [0.25, 0.3) is 0 Å². The van der Waals surface area contributed by atoms with Crippen molar-refractivity contribution in [3.8, 4) is 5.75 Å². The molecule has 0 spiro atoms. The predicted molar refractivity (Wildman–Crippen MR) is 375 cm³/mol. The van der Waals surface area contributed by atoms with Crippen LogP contribution in [0.2, 0.25) is 90.7 Å². The van der Waals surface area contributed by atoms with Crippen LogP contribution in [0.1, 0.15) is 171 Å². The Hall–Kier alpha value is -1.82. The monoisotopic (exact) mass is 1290 g/mol. The van der Waals surface area contributed by atoms with E-state index in [0.717, 1.165) is 40.6 Å². The first-order valence-electron chi connectivity index (χ1n) is 32.9. The van der Waals surface area contributed by atoms with E-state index in [0.29, 0.717) is 0 Å². The van der Waals surface area contributed by atoms with Crippen molar-refractivity contribution in [2.75, 3.05) is 20.8 Å². The van der Waals surface area contributed by atoms with Gasteiger partial charge in [-0.25, -0.2) is 4.79 Å². The van der Waals surface area contributed by atoms with Crippen LogP contribution in [-0.2, 0) is 52.5 Å². The molecule has 86 heavy (non-hydrogen) atoms. The summed E-state index contributed by atoms with van der Waals surface area (Å²) in [5.74, 6) is -1.81. The number of cyclic esters (lactones) is 1. The normalized spacial score (nSPS) is 27.5. The first-order chi connectivity index (χ1) is 39.1. The number of carbonyl (C=O) groups excluding carboxylic acids is 2. The van der Waals surface area contributed by atoms with Gasteiger partial charge in [0.05, 0.1) is 56.9 Å². The Morgan fingerprint density at radius 3 is 1.57 bits per heavy atom. The van der Waals surface area contributed by atoms with E-state index in [1.54, 1.807) is 14.2 Å². The molecular weight excluding hydrogens is 1160 g/mol. The second-order valence-electron chi connectivity index (χ2n) is 32.0. The minimum Gasteiger partial charge on any atom is -0.497 e. The molecule has 1 aromatic carbocycles. The molecule has 0 N–H and O–H groups in total. The Balaban J connectivity index is 3.59. The maximum atomic E-state index is 16.3. The SMILES string of the molecule is C/C=C\[C@H](C)/C=C(\C)[C@@H](O[Si](C)(C)C(C)(C)C)[C@H]1COC(=O)[C@H](O[Si](C)(C)C(C)(C)C)[C@@H](OC)[C@H](C)[C@@H](O[Si](CC)(CC)CC)[C@H](C)[C@@H](O[Si](C)(C)C(C)(C)C)/C(C)=C/[C@H](C)C(=O)C[C@H](O[Si](C)(C)C(C)(C)C)[C@@H](C)[C@@H]1OCc1ccc(OC)cc1. The highest BCUT2D eigenvalue weighted by atomic mass is 28.4. The van der Waals surface area contributed by atoms with Gasteiger partial charge in [-0.3, -0.25) is 4.79 Å². The summed E-state index contributed by atoms with van der Waals surface area (Å²) >= 11 is 0. The molecule has 0 saturated heterocycles. The van der Waals surface area contributed by atoms with Crippen molar-refractivity contribution in [3.05, 3.63) is 65.3 Å². The van der Waals surface area contributed by atoms with Gasteiger partial charge in [-0.1, -0.05) is 175 Å². The Kier molecular flexibility index (Phi) is 30.0. The van der Waals surface area contributed by atoms with Crippen molar-refractivity contribution in [3.63, 3.8) is 0 Å². The van der Waals surface area contributed by atoms with Gasteiger partial charge in [0.2, 0.25) is 0 Å². The Morgan fingerprint density at radius 1 is 0.651 bits per heavy atom. The number of benzene rings is 1. The quantitative estimate of drug-likeness (QED) is 0.0627. The number of hydrogen-bond donors (Lipinski definition) is 0. The van der Waals surface area contributed by atoms with Crippen LogP contribution < -0.4 is 4.74 Å². The second-order valence-corrected chi connectivity index (χ2v) is 55.7. The highest BCUT2D eigenvalue weighted by Crippen LogP contribution is 2.47. The minimum absolute atomic E-state index is 0.0688. The third-order valence-corrected chi connectivity index (χ3v) is 43.9. The Morgan fingerprint density at radius 2 is 1.13 bits per heavy atom. The van der Waals surface area contributed by atoms with Gasteiger partial charge in [-0.2, -0.15) is 0 Å². The van der Waals surface area contributed by atoms with E-state index < -0.39 is 114 Å². The van der Waals surface area contributed by atoms with E-state index in [2.05, 4.69) is 222 Å². The lowest BCUT2D eigenvalue weighted by Gasteiger charge is -2.48. The van der Waals surface area contributed by atoms with Crippen molar-refractivity contribution >= 4 is 53.3 Å². The van der Waals surface area contributed by atoms with Crippen LogP contribution in [-0.4, -0.2) is 117 Å². The third-order valence-electron chi connectivity index (χ3n) is 21.4. The molecule has 0 aromatic heterocycles. The molecule has 13 atom stereocenters. The molecule has 0 unspecified atom stereocenters. The number of rotatable bonds is 22. The fourth-order valence-electron chi connectivity index (χ4n) is 11.0. The van der Waals surface area contributed by atoms with Gasteiger partial charge >= 0.3 is 5.97 Å². The van der Waals surface area contributed by atoms with Gasteiger partial charge in [0.1, 0.15) is 11.5 Å². The summed E-state index contributed by atoms with van der Waals surface area (Å²) in [4.78, 5) is 31.9. The van der Waals surface area contributed by atoms with Crippen molar-refractivity contribution in [1.82, 2.24) is 0 Å². The maximum absolute atomic E-state index is 16.3. The molecule has 498 valence electrons. The number of methoxy groups -OCH3 is 2. The number of ether oxygens (including phenoxy) is 4. The van der Waals surface area contributed by atoms with E-state index in [9.17, 15) is 0 Å². The summed E-state index contributed by atoms with van der Waals surface area (Å²) in [5.41, 5.74) is 2.94. The topological polar surface area (TPSA) is 117 Å². The zero-order chi connectivity index (χ0) is 66.7. The second kappa shape index (κ2) is 32.2. The molecule has 0 aliphatic carbocycles. The lowest BCUT2D eigenvalue weighted by molar-refractivity contribution is -0.171. The summed E-state index contributed by atoms with van der Waals surface area (Å²) in [6.45, 7) is 69.2. The molecule has 0 radical (unpaired) electrons. The van der Waals surface area contributed by atoms with Gasteiger partial charge in [-0.15, -0.1) is 0 Å². The predicted octanol–water partition coefficient (Wildman–Crippen LogP) is 19.3. The van der Waals surface area contributed by atoms with Crippen molar-refractivity contribution in [2.24, 2.45) is 35.5 Å². The third kappa shape index (κ3) is 21.4. The van der Waals surface area contributed by atoms with E-state index in [1.807, 2.05) is 38.1 Å². The van der Waals surface area contributed by atoms with Crippen LogP contribution in [0.15, 0.2) is 59.7 Å². The van der Waals surface area contributed by atoms with Crippen molar-refractivity contribution in [2.45, 2.75) is 306 Å². The standard InChI is InChI=1S/C70H132O11Si5/c1-34-38-48(5)43-50(7)61(79-84(30,31)69(18,19)20)57-47-76-66(72)65(80-85(32,33)70(21,22)23)64(74-25)54(11)62(81-86(35-2,36-3)37-4)53(10)60(78-83(28,29)68(15,16)17)51(8)44-49(6)58(71)45-59(77-82(26,27)67(12,13)14)52(9)63(57)75-46-55-39-41-56(73-24)42-40-55/h34,38-44,48-49,52-54,57,59-65H,35-37,45-47H2,1-33H3/b38-34-,50-43+,51-44+/t48-,49-,52+,53+,54+,57+,59-,60-,61+,62-,63-,64-,65+/m0/s1. The summed E-state index contributed by atoms with van der Waals surface area (Å²) in [7, 11) is -9.58. The first-order valence-corrected chi connectivity index (χ1v) is 47.1. The molecule has 2 rings (SSSR count). The Bertz CT molecular complexity index is 2340. The molecule has 0 amide bonds. The number of allylic oxidation sites excluding steroid dienone is 4. The zero-order valence-electron chi connectivity index (χ0n) is 61.4. The lowest BCUT2D eigenvalue weighted by atomic mass is 9.80. The van der Waals surface area contributed by atoms with Gasteiger partial charge in [-0.05, 0) is 146 Å². The molecular formula is C70H132O11Si5. The average molecular weight is 1290 g/mol. The fourth-order valence-corrected chi connectivity index (χ4v) is 19.3. The van der Waals surface area contributed by atoms with Crippen molar-refractivity contribution < 1.29 is 50.7 Å². The highest BCUT2D eigenvalue weighted by Gasteiger charge is 2.53. The van der Waals surface area contributed by atoms with Crippen LogP contribution in [0.3, 0.4) is 0 Å². The van der Waals surface area contributed by atoms with Crippen LogP contribution in [0.5, 0.6) is 5.75 Å². The summed E-state index contributed by atoms with van der Waals surface area (Å²) in [6, 6.07) is 10.7. The molecule has 0 fully saturated rings. The molecule has 1 aromatic rings. The molecule has 1 heterocycles. The molecule has 0 saturated carbocycles. The van der Waals surface area contributed by atoms with Crippen LogP contribution in [0.25, 0.3) is 0 Å². The molecule has 0 bridgehead atoms. The number of carbonyl (C=O) groups is 2. The first kappa shape index (κ1) is 80.3. The maximum Gasteiger partial charge on any atom is 0.336 e. The summed E-state index contributed by atoms with van der Waals surface area (Å²) in [5, 5.41) is -0.788. The summed E-state index contributed by atoms with van der Waals surface area (Å²) < 4.78 is 65.6. The zero-order valence-corrected chi connectivity index (χ0v) is 66.4. The highest BCUT2D eigenvalue weighted by molar-refractivity contribution is 6.75.